The standard InChI is InChI=1S/C19H24ClN3OS/c1-21-19(23(2)13-16-8-9-17(20)25-16)22-12-15-10-11-24-18(15)14-6-4-3-5-7-14/h3-9,15,18H,10-13H2,1-2H3,(H,21,22). The number of hydrogen-bond donors (Lipinski definition) is 1. The molecule has 2 aromatic rings. The Morgan fingerprint density at radius 1 is 1.32 bits per heavy atom. The number of nitrogens with one attached hydrogen (secondary N) is 1. The van der Waals surface area contributed by atoms with Crippen molar-refractivity contribution in [2.24, 2.45) is 10.9 Å². The van der Waals surface area contributed by atoms with Crippen LogP contribution >= 0.6 is 22.9 Å². The smallest absolute Gasteiger partial charge is 0.193 e. The van der Waals surface area contributed by atoms with E-state index in [1.165, 1.54) is 10.4 Å². The molecule has 25 heavy (non-hydrogen) atoms. The molecule has 1 aliphatic heterocycles. The molecule has 1 N–H and O–H groups in total. The van der Waals surface area contributed by atoms with Crippen LogP contribution in [-0.4, -0.2) is 38.1 Å². The monoisotopic (exact) mass is 377 g/mol. The molecule has 134 valence electrons. The molecule has 0 radical (unpaired) electrons. The number of hydrogen-bond acceptors (Lipinski definition) is 3. The number of aliphatic imine (C=N–C) groups is 1. The molecule has 1 fully saturated rings. The van der Waals surface area contributed by atoms with Crippen molar-refractivity contribution in [3.05, 3.63) is 57.2 Å². The summed E-state index contributed by atoms with van der Waals surface area (Å²) in [6, 6.07) is 14.5. The van der Waals surface area contributed by atoms with E-state index in [0.717, 1.165) is 36.4 Å². The highest BCUT2D eigenvalue weighted by molar-refractivity contribution is 7.16. The van der Waals surface area contributed by atoms with Crippen LogP contribution in [0.3, 0.4) is 0 Å². The minimum absolute atomic E-state index is 0.160. The third-order valence-corrected chi connectivity index (χ3v) is 5.68. The quantitative estimate of drug-likeness (QED) is 0.627. The van der Waals surface area contributed by atoms with Crippen LogP contribution in [0.15, 0.2) is 47.5 Å². The summed E-state index contributed by atoms with van der Waals surface area (Å²) < 4.78 is 6.79. The average Bonchev–Trinajstić information content (AvgIpc) is 3.25. The maximum absolute atomic E-state index is 6.02. The summed E-state index contributed by atoms with van der Waals surface area (Å²) in [6.45, 7) is 2.45. The molecular formula is C19H24ClN3OS. The fourth-order valence-electron chi connectivity index (χ4n) is 3.21. The van der Waals surface area contributed by atoms with E-state index in [2.05, 4.69) is 45.5 Å². The molecule has 2 atom stereocenters. The van der Waals surface area contributed by atoms with E-state index in [0.29, 0.717) is 5.92 Å². The molecule has 0 amide bonds. The predicted molar refractivity (Wildman–Crippen MR) is 105 cm³/mol. The SMILES string of the molecule is CN=C(NCC1CCOC1c1ccccc1)N(C)Cc1ccc(Cl)s1. The minimum Gasteiger partial charge on any atom is -0.373 e. The highest BCUT2D eigenvalue weighted by Gasteiger charge is 2.29. The summed E-state index contributed by atoms with van der Waals surface area (Å²) in [5.74, 6) is 1.34. The van der Waals surface area contributed by atoms with Crippen LogP contribution in [0.25, 0.3) is 0 Å². The first-order chi connectivity index (χ1) is 12.2. The fraction of sp³-hybridized carbons (Fsp3) is 0.421. The molecule has 1 aromatic carbocycles. The zero-order chi connectivity index (χ0) is 17.6. The lowest BCUT2D eigenvalue weighted by molar-refractivity contribution is 0.0914. The van der Waals surface area contributed by atoms with Crippen LogP contribution in [0.4, 0.5) is 0 Å². The Kier molecular flexibility index (Phi) is 6.34. The second kappa shape index (κ2) is 8.70. The van der Waals surface area contributed by atoms with Gasteiger partial charge in [-0.05, 0) is 24.1 Å². The van der Waals surface area contributed by atoms with Crippen molar-refractivity contribution in [1.82, 2.24) is 10.2 Å². The van der Waals surface area contributed by atoms with Gasteiger partial charge in [0.25, 0.3) is 0 Å². The van der Waals surface area contributed by atoms with Crippen LogP contribution < -0.4 is 5.32 Å². The molecule has 0 saturated carbocycles. The van der Waals surface area contributed by atoms with Crippen molar-refractivity contribution in [3.8, 4) is 0 Å². The Bertz CT molecular complexity index is 704. The molecule has 3 rings (SSSR count). The number of thiophene rings is 1. The normalized spacial score (nSPS) is 20.7. The lowest BCUT2D eigenvalue weighted by atomic mass is 9.95. The summed E-state index contributed by atoms with van der Waals surface area (Å²) in [5, 5.41) is 3.51. The maximum Gasteiger partial charge on any atom is 0.193 e. The van der Waals surface area contributed by atoms with E-state index in [9.17, 15) is 0 Å². The first-order valence-electron chi connectivity index (χ1n) is 8.50. The Hall–Kier alpha value is -1.56. The zero-order valence-electron chi connectivity index (χ0n) is 14.6. The summed E-state index contributed by atoms with van der Waals surface area (Å²) in [7, 11) is 3.86. The van der Waals surface area contributed by atoms with Crippen LogP contribution in [0.2, 0.25) is 4.34 Å². The highest BCUT2D eigenvalue weighted by atomic mass is 35.5. The van der Waals surface area contributed by atoms with Gasteiger partial charge in [-0.2, -0.15) is 0 Å². The molecule has 6 heteroatoms. The Morgan fingerprint density at radius 2 is 2.12 bits per heavy atom. The van der Waals surface area contributed by atoms with E-state index < -0.39 is 0 Å². The number of halogens is 1. The predicted octanol–water partition coefficient (Wildman–Crippen LogP) is 4.19. The Labute approximate surface area is 158 Å². The lowest BCUT2D eigenvalue weighted by Gasteiger charge is -2.25. The van der Waals surface area contributed by atoms with Gasteiger partial charge >= 0.3 is 0 Å². The zero-order valence-corrected chi connectivity index (χ0v) is 16.2. The number of guanidine groups is 1. The number of rotatable bonds is 5. The van der Waals surface area contributed by atoms with E-state index in [1.807, 2.05) is 26.2 Å². The molecule has 1 aromatic heterocycles. The molecule has 4 nitrogen and oxygen atoms in total. The topological polar surface area (TPSA) is 36.9 Å². The lowest BCUT2D eigenvalue weighted by Crippen LogP contribution is -2.41. The number of ether oxygens (including phenoxy) is 1. The van der Waals surface area contributed by atoms with Crippen LogP contribution in [0, 0.1) is 5.92 Å². The molecule has 0 spiro atoms. The van der Waals surface area contributed by atoms with Gasteiger partial charge in [-0.25, -0.2) is 0 Å². The molecule has 2 heterocycles. The van der Waals surface area contributed by atoms with Crippen molar-refractivity contribution >= 4 is 28.9 Å². The summed E-state index contributed by atoms with van der Waals surface area (Å²) in [6.07, 6.45) is 1.22. The van der Waals surface area contributed by atoms with E-state index in [1.54, 1.807) is 11.3 Å². The first-order valence-corrected chi connectivity index (χ1v) is 9.69. The Balaban J connectivity index is 1.57. The fourth-order valence-corrected chi connectivity index (χ4v) is 4.35. The summed E-state index contributed by atoms with van der Waals surface area (Å²) in [4.78, 5) is 7.76. The van der Waals surface area contributed by atoms with Crippen molar-refractivity contribution in [1.29, 1.82) is 0 Å². The third-order valence-electron chi connectivity index (χ3n) is 4.46. The maximum atomic E-state index is 6.02. The van der Waals surface area contributed by atoms with Crippen molar-refractivity contribution in [2.75, 3.05) is 27.2 Å². The average molecular weight is 378 g/mol. The van der Waals surface area contributed by atoms with Gasteiger partial charge in [-0.15, -0.1) is 11.3 Å². The largest absolute Gasteiger partial charge is 0.373 e. The van der Waals surface area contributed by atoms with Crippen molar-refractivity contribution in [3.63, 3.8) is 0 Å². The van der Waals surface area contributed by atoms with Gasteiger partial charge in [0.2, 0.25) is 0 Å². The van der Waals surface area contributed by atoms with Crippen LogP contribution in [0.5, 0.6) is 0 Å². The number of benzene rings is 1. The summed E-state index contributed by atoms with van der Waals surface area (Å²) >= 11 is 7.63. The van der Waals surface area contributed by atoms with Crippen molar-refractivity contribution < 1.29 is 4.74 Å². The van der Waals surface area contributed by atoms with Gasteiger partial charge in [0.1, 0.15) is 0 Å². The van der Waals surface area contributed by atoms with Gasteiger partial charge in [-0.1, -0.05) is 41.9 Å². The second-order valence-electron chi connectivity index (χ2n) is 6.24. The van der Waals surface area contributed by atoms with Crippen molar-refractivity contribution in [2.45, 2.75) is 19.1 Å². The minimum atomic E-state index is 0.160. The third kappa shape index (κ3) is 4.75. The van der Waals surface area contributed by atoms with E-state index in [-0.39, 0.29) is 6.10 Å². The van der Waals surface area contributed by atoms with E-state index >= 15 is 0 Å². The molecule has 0 bridgehead atoms. The van der Waals surface area contributed by atoms with Crippen LogP contribution in [-0.2, 0) is 11.3 Å². The van der Waals surface area contributed by atoms with Crippen LogP contribution in [0.1, 0.15) is 23.0 Å². The molecule has 2 unspecified atom stereocenters. The molecule has 1 saturated heterocycles. The van der Waals surface area contributed by atoms with Gasteiger partial charge in [0, 0.05) is 38.0 Å². The first kappa shape index (κ1) is 18.2. The van der Waals surface area contributed by atoms with Gasteiger partial charge in [-0.3, -0.25) is 4.99 Å². The summed E-state index contributed by atoms with van der Waals surface area (Å²) in [5.41, 5.74) is 1.25. The molecule has 1 aliphatic rings. The van der Waals surface area contributed by atoms with E-state index in [4.69, 9.17) is 16.3 Å². The van der Waals surface area contributed by atoms with Gasteiger partial charge in [0.15, 0.2) is 5.96 Å². The number of nitrogens with zero attached hydrogens (tertiary/aromatic N) is 2. The van der Waals surface area contributed by atoms with Gasteiger partial charge < -0.3 is 15.0 Å². The molecular weight excluding hydrogens is 354 g/mol. The highest BCUT2D eigenvalue weighted by Crippen LogP contribution is 2.33. The van der Waals surface area contributed by atoms with Gasteiger partial charge in [0.05, 0.1) is 17.0 Å². The Morgan fingerprint density at radius 3 is 2.80 bits per heavy atom. The second-order valence-corrected chi connectivity index (χ2v) is 8.04. The molecule has 0 aliphatic carbocycles.